The van der Waals surface area contributed by atoms with Gasteiger partial charge in [-0.15, -0.1) is 0 Å². The van der Waals surface area contributed by atoms with Crippen molar-refractivity contribution < 1.29 is 0 Å². The molecule has 3 aromatic rings. The molecular formula is C15H13N. The van der Waals surface area contributed by atoms with Crippen molar-refractivity contribution in [2.75, 3.05) is 0 Å². The highest BCUT2D eigenvalue weighted by Gasteiger charge is 2.01. The Kier molecular flexibility index (Phi) is 2.03. The van der Waals surface area contributed by atoms with Gasteiger partial charge in [-0.1, -0.05) is 48.0 Å². The molecule has 0 aliphatic heterocycles. The van der Waals surface area contributed by atoms with Gasteiger partial charge < -0.3 is 4.98 Å². The van der Waals surface area contributed by atoms with Crippen molar-refractivity contribution in [1.82, 2.24) is 4.98 Å². The van der Waals surface area contributed by atoms with E-state index in [0.29, 0.717) is 0 Å². The molecule has 0 radical (unpaired) electrons. The van der Waals surface area contributed by atoms with Gasteiger partial charge in [0.05, 0.1) is 0 Å². The van der Waals surface area contributed by atoms with Crippen LogP contribution in [0.2, 0.25) is 0 Å². The average molecular weight is 207 g/mol. The number of para-hydroxylation sites is 1. The average Bonchev–Trinajstić information content (AvgIpc) is 2.73. The smallest absolute Gasteiger partial charge is 0.0464 e. The third-order valence-corrected chi connectivity index (χ3v) is 2.89. The third kappa shape index (κ3) is 1.50. The van der Waals surface area contributed by atoms with E-state index >= 15 is 0 Å². The maximum absolute atomic E-state index is 3.43. The maximum Gasteiger partial charge on any atom is 0.0464 e. The van der Waals surface area contributed by atoms with E-state index in [1.165, 1.54) is 27.7 Å². The van der Waals surface area contributed by atoms with Crippen LogP contribution in [0, 0.1) is 6.92 Å². The van der Waals surface area contributed by atoms with Gasteiger partial charge in [0.2, 0.25) is 0 Å². The Balaban J connectivity index is 2.15. The lowest BCUT2D eigenvalue weighted by Crippen LogP contribution is -1.77. The van der Waals surface area contributed by atoms with Crippen molar-refractivity contribution in [2.45, 2.75) is 6.92 Å². The number of H-pyrrole nitrogens is 1. The Morgan fingerprint density at radius 3 is 2.38 bits per heavy atom. The normalized spacial score (nSPS) is 10.8. The topological polar surface area (TPSA) is 15.8 Å². The van der Waals surface area contributed by atoms with Crippen molar-refractivity contribution in [1.29, 1.82) is 0 Å². The van der Waals surface area contributed by atoms with Gasteiger partial charge >= 0.3 is 0 Å². The molecule has 0 amide bonds. The molecule has 16 heavy (non-hydrogen) atoms. The summed E-state index contributed by atoms with van der Waals surface area (Å²) in [6.45, 7) is 2.11. The van der Waals surface area contributed by atoms with Crippen LogP contribution in [0.1, 0.15) is 5.56 Å². The van der Waals surface area contributed by atoms with E-state index < -0.39 is 0 Å². The molecule has 0 spiro atoms. The van der Waals surface area contributed by atoms with E-state index in [4.69, 9.17) is 0 Å². The van der Waals surface area contributed by atoms with Crippen LogP contribution >= 0.6 is 0 Å². The number of hydrogen-bond acceptors (Lipinski definition) is 0. The fraction of sp³-hybridized carbons (Fsp3) is 0.0667. The standard InChI is InChI=1S/C15H13N/c1-11-6-8-12(9-7-11)15-10-13-4-2-3-5-14(13)16-15/h2-10,16H,1H3. The minimum Gasteiger partial charge on any atom is -0.355 e. The van der Waals surface area contributed by atoms with Gasteiger partial charge in [-0.3, -0.25) is 0 Å². The second kappa shape index (κ2) is 3.53. The molecular weight excluding hydrogens is 194 g/mol. The van der Waals surface area contributed by atoms with E-state index in [1.807, 2.05) is 0 Å². The van der Waals surface area contributed by atoms with Crippen LogP contribution in [0.4, 0.5) is 0 Å². The summed E-state index contributed by atoms with van der Waals surface area (Å²) < 4.78 is 0. The van der Waals surface area contributed by atoms with Crippen LogP contribution in [-0.4, -0.2) is 4.98 Å². The van der Waals surface area contributed by atoms with Crippen LogP contribution in [0.25, 0.3) is 22.2 Å². The van der Waals surface area contributed by atoms with Crippen LogP contribution in [0.3, 0.4) is 0 Å². The number of fused-ring (bicyclic) bond motifs is 1. The molecule has 1 heteroatoms. The van der Waals surface area contributed by atoms with Crippen LogP contribution in [0.5, 0.6) is 0 Å². The first-order chi connectivity index (χ1) is 7.83. The molecule has 0 fully saturated rings. The number of rotatable bonds is 1. The molecule has 1 N–H and O–H groups in total. The summed E-state index contributed by atoms with van der Waals surface area (Å²) in [7, 11) is 0. The highest BCUT2D eigenvalue weighted by molar-refractivity contribution is 5.85. The zero-order valence-electron chi connectivity index (χ0n) is 9.20. The third-order valence-electron chi connectivity index (χ3n) is 2.89. The van der Waals surface area contributed by atoms with Crippen LogP contribution in [0.15, 0.2) is 54.6 Å². The van der Waals surface area contributed by atoms with E-state index in [1.54, 1.807) is 0 Å². The lowest BCUT2D eigenvalue weighted by molar-refractivity contribution is 1.42. The first-order valence-corrected chi connectivity index (χ1v) is 5.48. The summed E-state index contributed by atoms with van der Waals surface area (Å²) in [6.07, 6.45) is 0. The molecule has 0 saturated heterocycles. The molecule has 0 unspecified atom stereocenters. The van der Waals surface area contributed by atoms with Crippen molar-refractivity contribution in [3.8, 4) is 11.3 Å². The van der Waals surface area contributed by atoms with E-state index in [-0.39, 0.29) is 0 Å². The summed E-state index contributed by atoms with van der Waals surface area (Å²) in [5, 5.41) is 1.26. The lowest BCUT2D eigenvalue weighted by Gasteiger charge is -1.97. The van der Waals surface area contributed by atoms with Gasteiger partial charge in [0.15, 0.2) is 0 Å². The highest BCUT2D eigenvalue weighted by atomic mass is 14.7. The van der Waals surface area contributed by atoms with E-state index in [2.05, 4.69) is 66.5 Å². The van der Waals surface area contributed by atoms with Crippen molar-refractivity contribution >= 4 is 10.9 Å². The summed E-state index contributed by atoms with van der Waals surface area (Å²) in [4.78, 5) is 3.43. The van der Waals surface area contributed by atoms with Gasteiger partial charge in [0.25, 0.3) is 0 Å². The Hall–Kier alpha value is -2.02. The fourth-order valence-electron chi connectivity index (χ4n) is 1.96. The predicted molar refractivity (Wildman–Crippen MR) is 68.5 cm³/mol. The first-order valence-electron chi connectivity index (χ1n) is 5.48. The zero-order valence-corrected chi connectivity index (χ0v) is 9.20. The molecule has 0 bridgehead atoms. The number of aromatic nitrogens is 1. The summed E-state index contributed by atoms with van der Waals surface area (Å²) >= 11 is 0. The number of aryl methyl sites for hydroxylation is 1. The van der Waals surface area contributed by atoms with Crippen LogP contribution < -0.4 is 0 Å². The molecule has 0 saturated carbocycles. The van der Waals surface area contributed by atoms with Gasteiger partial charge in [-0.05, 0) is 24.6 Å². The Morgan fingerprint density at radius 2 is 1.62 bits per heavy atom. The minimum absolute atomic E-state index is 1.18. The summed E-state index contributed by atoms with van der Waals surface area (Å²) in [6, 6.07) is 19.1. The van der Waals surface area contributed by atoms with Gasteiger partial charge in [0, 0.05) is 16.6 Å². The van der Waals surface area contributed by atoms with Crippen molar-refractivity contribution in [3.05, 3.63) is 60.2 Å². The molecule has 1 aromatic heterocycles. The SMILES string of the molecule is Cc1ccc(-c2cc3ccccc3[nH]2)cc1. The highest BCUT2D eigenvalue weighted by Crippen LogP contribution is 2.23. The van der Waals surface area contributed by atoms with Gasteiger partial charge in [-0.25, -0.2) is 0 Å². The second-order valence-electron chi connectivity index (χ2n) is 4.14. The minimum atomic E-state index is 1.18. The fourth-order valence-corrected chi connectivity index (χ4v) is 1.96. The molecule has 78 valence electrons. The van der Waals surface area contributed by atoms with E-state index in [0.717, 1.165) is 0 Å². The van der Waals surface area contributed by atoms with Gasteiger partial charge in [0.1, 0.15) is 0 Å². The molecule has 1 nitrogen and oxygen atoms in total. The second-order valence-corrected chi connectivity index (χ2v) is 4.14. The first kappa shape index (κ1) is 9.22. The largest absolute Gasteiger partial charge is 0.355 e. The number of hydrogen-bond donors (Lipinski definition) is 1. The maximum atomic E-state index is 3.43. The molecule has 0 aliphatic rings. The van der Waals surface area contributed by atoms with Gasteiger partial charge in [-0.2, -0.15) is 0 Å². The molecule has 0 atom stereocenters. The summed E-state index contributed by atoms with van der Waals surface area (Å²) in [5.74, 6) is 0. The Labute approximate surface area is 94.7 Å². The molecule has 3 rings (SSSR count). The lowest BCUT2D eigenvalue weighted by atomic mass is 10.1. The summed E-state index contributed by atoms with van der Waals surface area (Å²) in [5.41, 5.74) is 4.90. The molecule has 1 heterocycles. The molecule has 0 aliphatic carbocycles. The Morgan fingerprint density at radius 1 is 0.875 bits per heavy atom. The zero-order chi connectivity index (χ0) is 11.0. The quantitative estimate of drug-likeness (QED) is 0.617. The monoisotopic (exact) mass is 207 g/mol. The molecule has 2 aromatic carbocycles. The van der Waals surface area contributed by atoms with Crippen molar-refractivity contribution in [2.24, 2.45) is 0 Å². The Bertz CT molecular complexity index is 584. The predicted octanol–water partition coefficient (Wildman–Crippen LogP) is 4.14. The number of nitrogens with one attached hydrogen (secondary N) is 1. The van der Waals surface area contributed by atoms with Crippen LogP contribution in [-0.2, 0) is 0 Å². The number of benzene rings is 2. The number of aromatic amines is 1. The van der Waals surface area contributed by atoms with E-state index in [9.17, 15) is 0 Å². The van der Waals surface area contributed by atoms with Crippen molar-refractivity contribution in [3.63, 3.8) is 0 Å².